The third-order valence-electron chi connectivity index (χ3n) is 4.75. The van der Waals surface area contributed by atoms with Crippen LogP contribution in [0.15, 0.2) is 30.3 Å². The first kappa shape index (κ1) is 21.2. The lowest BCUT2D eigenvalue weighted by molar-refractivity contribution is 0.163. The quantitative estimate of drug-likeness (QED) is 0.807. The molecule has 0 aliphatic carbocycles. The summed E-state index contributed by atoms with van der Waals surface area (Å²) in [5.41, 5.74) is 1.54. The van der Waals surface area contributed by atoms with E-state index >= 15 is 0 Å². The fourth-order valence-corrected chi connectivity index (χ4v) is 3.65. The van der Waals surface area contributed by atoms with Crippen LogP contribution in [0.25, 0.3) is 0 Å². The van der Waals surface area contributed by atoms with Crippen molar-refractivity contribution in [1.82, 2.24) is 10.2 Å². The third kappa shape index (κ3) is 7.81. The predicted molar refractivity (Wildman–Crippen MR) is 108 cm³/mol. The summed E-state index contributed by atoms with van der Waals surface area (Å²) in [4.78, 5) is 2.72. The second kappa shape index (κ2) is 13.4. The Morgan fingerprint density at radius 1 is 1.00 bits per heavy atom. The molecule has 1 aromatic carbocycles. The van der Waals surface area contributed by atoms with Crippen molar-refractivity contribution in [3.63, 3.8) is 0 Å². The normalized spacial score (nSPS) is 21.9. The molecule has 0 bridgehead atoms. The van der Waals surface area contributed by atoms with Crippen LogP contribution in [0.4, 0.5) is 0 Å². The Labute approximate surface area is 151 Å². The van der Waals surface area contributed by atoms with Crippen molar-refractivity contribution in [2.75, 3.05) is 32.7 Å². The van der Waals surface area contributed by atoms with E-state index in [9.17, 15) is 0 Å². The van der Waals surface area contributed by atoms with E-state index in [-0.39, 0.29) is 0 Å². The van der Waals surface area contributed by atoms with Gasteiger partial charge in [0.25, 0.3) is 0 Å². The van der Waals surface area contributed by atoms with Crippen molar-refractivity contribution >= 4 is 0 Å². The standard InChI is InChI=1S/C17H26N2.C3H8.C2H6/c1-2-5-16(6-3-1)17-7-4-12-19(14-17)13-15-8-10-18-11-9-15;1-3-2;1-2/h1-3,5-6,15,17-18H,4,7-14H2;3H2,1-2H3;1-2H3. The van der Waals surface area contributed by atoms with E-state index in [4.69, 9.17) is 0 Å². The van der Waals surface area contributed by atoms with Crippen molar-refractivity contribution in [2.24, 2.45) is 5.92 Å². The number of nitrogens with one attached hydrogen (secondary N) is 1. The van der Waals surface area contributed by atoms with Crippen LogP contribution >= 0.6 is 0 Å². The lowest BCUT2D eigenvalue weighted by atomic mass is 9.89. The average molecular weight is 333 g/mol. The molecular formula is C22H40N2. The molecule has 1 N–H and O–H groups in total. The highest BCUT2D eigenvalue weighted by Crippen LogP contribution is 2.27. The zero-order valence-electron chi connectivity index (χ0n) is 16.6. The molecule has 138 valence electrons. The lowest BCUT2D eigenvalue weighted by Crippen LogP contribution is -2.40. The van der Waals surface area contributed by atoms with Crippen LogP contribution in [0.5, 0.6) is 0 Å². The highest BCUT2D eigenvalue weighted by molar-refractivity contribution is 5.20. The van der Waals surface area contributed by atoms with Crippen LogP contribution in [-0.2, 0) is 0 Å². The van der Waals surface area contributed by atoms with Gasteiger partial charge in [-0.2, -0.15) is 0 Å². The SMILES string of the molecule is CC.CCC.c1ccc(C2CCCN(CC3CCNCC3)C2)cc1. The smallest absolute Gasteiger partial charge is 0.00504 e. The molecule has 0 aromatic heterocycles. The topological polar surface area (TPSA) is 15.3 Å². The summed E-state index contributed by atoms with van der Waals surface area (Å²) in [6.45, 7) is 14.6. The van der Waals surface area contributed by atoms with Crippen molar-refractivity contribution in [3.8, 4) is 0 Å². The van der Waals surface area contributed by atoms with Gasteiger partial charge in [-0.1, -0.05) is 64.4 Å². The maximum absolute atomic E-state index is 3.47. The Kier molecular flexibility index (Phi) is 11.9. The number of benzene rings is 1. The molecule has 2 nitrogen and oxygen atoms in total. The molecule has 2 heterocycles. The maximum Gasteiger partial charge on any atom is 0.00504 e. The molecule has 1 unspecified atom stereocenters. The molecule has 2 fully saturated rings. The van der Waals surface area contributed by atoms with Gasteiger partial charge in [-0.25, -0.2) is 0 Å². The monoisotopic (exact) mass is 332 g/mol. The first-order valence-electron chi connectivity index (χ1n) is 10.3. The highest BCUT2D eigenvalue weighted by Gasteiger charge is 2.24. The van der Waals surface area contributed by atoms with Gasteiger partial charge in [0.15, 0.2) is 0 Å². The van der Waals surface area contributed by atoms with Gasteiger partial charge >= 0.3 is 0 Å². The molecule has 1 atom stereocenters. The van der Waals surface area contributed by atoms with Gasteiger partial charge in [-0.05, 0) is 62.7 Å². The Balaban J connectivity index is 0.000000521. The van der Waals surface area contributed by atoms with Gasteiger partial charge < -0.3 is 10.2 Å². The summed E-state index contributed by atoms with van der Waals surface area (Å²) in [7, 11) is 0. The number of likely N-dealkylation sites (tertiary alicyclic amines) is 1. The summed E-state index contributed by atoms with van der Waals surface area (Å²) in [5.74, 6) is 1.69. The van der Waals surface area contributed by atoms with E-state index in [0.29, 0.717) is 0 Å². The summed E-state index contributed by atoms with van der Waals surface area (Å²) >= 11 is 0. The number of piperidine rings is 2. The van der Waals surface area contributed by atoms with Crippen molar-refractivity contribution in [2.45, 2.75) is 65.7 Å². The van der Waals surface area contributed by atoms with Gasteiger partial charge in [0.2, 0.25) is 0 Å². The lowest BCUT2D eigenvalue weighted by Gasteiger charge is -2.36. The summed E-state index contributed by atoms with van der Waals surface area (Å²) in [6.07, 6.45) is 6.72. The Morgan fingerprint density at radius 3 is 2.25 bits per heavy atom. The van der Waals surface area contributed by atoms with Crippen molar-refractivity contribution in [3.05, 3.63) is 35.9 Å². The Bertz CT molecular complexity index is 384. The second-order valence-corrected chi connectivity index (χ2v) is 6.91. The number of nitrogens with zero attached hydrogens (tertiary/aromatic N) is 1. The molecule has 0 radical (unpaired) electrons. The summed E-state index contributed by atoms with van der Waals surface area (Å²) in [5, 5.41) is 3.47. The number of rotatable bonds is 3. The van der Waals surface area contributed by atoms with Gasteiger partial charge in [0.1, 0.15) is 0 Å². The molecule has 2 saturated heterocycles. The third-order valence-corrected chi connectivity index (χ3v) is 4.75. The largest absolute Gasteiger partial charge is 0.317 e. The van der Waals surface area contributed by atoms with Gasteiger partial charge in [-0.3, -0.25) is 0 Å². The molecule has 2 heteroatoms. The van der Waals surface area contributed by atoms with Crippen LogP contribution in [0.2, 0.25) is 0 Å². The Morgan fingerprint density at radius 2 is 1.62 bits per heavy atom. The molecule has 24 heavy (non-hydrogen) atoms. The second-order valence-electron chi connectivity index (χ2n) is 6.91. The van der Waals surface area contributed by atoms with Gasteiger partial charge in [0.05, 0.1) is 0 Å². The van der Waals surface area contributed by atoms with Gasteiger partial charge in [-0.15, -0.1) is 0 Å². The van der Waals surface area contributed by atoms with E-state index in [1.54, 1.807) is 0 Å². The zero-order chi connectivity index (χ0) is 17.6. The minimum absolute atomic E-state index is 0.761. The average Bonchev–Trinajstić information content (AvgIpc) is 2.66. The van der Waals surface area contributed by atoms with Crippen molar-refractivity contribution < 1.29 is 0 Å². The molecule has 0 amide bonds. The Hall–Kier alpha value is -0.860. The molecular weight excluding hydrogens is 292 g/mol. The minimum Gasteiger partial charge on any atom is -0.317 e. The van der Waals surface area contributed by atoms with Crippen LogP contribution in [-0.4, -0.2) is 37.6 Å². The molecule has 0 saturated carbocycles. The first-order chi connectivity index (χ1) is 11.8. The van der Waals surface area contributed by atoms with Crippen LogP contribution in [0, 0.1) is 5.92 Å². The number of hydrogen-bond donors (Lipinski definition) is 1. The fraction of sp³-hybridized carbons (Fsp3) is 0.727. The zero-order valence-corrected chi connectivity index (χ0v) is 16.6. The molecule has 0 spiro atoms. The summed E-state index contributed by atoms with van der Waals surface area (Å²) < 4.78 is 0. The van der Waals surface area contributed by atoms with Crippen LogP contribution < -0.4 is 5.32 Å². The van der Waals surface area contributed by atoms with E-state index in [0.717, 1.165) is 11.8 Å². The first-order valence-corrected chi connectivity index (χ1v) is 10.3. The molecule has 2 aliphatic heterocycles. The number of hydrogen-bond acceptors (Lipinski definition) is 2. The molecule has 3 rings (SSSR count). The van der Waals surface area contributed by atoms with Gasteiger partial charge in [0, 0.05) is 13.1 Å². The molecule has 2 aliphatic rings. The van der Waals surface area contributed by atoms with E-state index in [1.807, 2.05) is 13.8 Å². The van der Waals surface area contributed by atoms with E-state index in [1.165, 1.54) is 70.4 Å². The maximum atomic E-state index is 3.47. The van der Waals surface area contributed by atoms with E-state index in [2.05, 4.69) is 54.4 Å². The van der Waals surface area contributed by atoms with E-state index < -0.39 is 0 Å². The summed E-state index contributed by atoms with van der Waals surface area (Å²) in [6, 6.07) is 11.1. The highest BCUT2D eigenvalue weighted by atomic mass is 15.1. The van der Waals surface area contributed by atoms with Crippen LogP contribution in [0.1, 0.15) is 71.3 Å². The minimum atomic E-state index is 0.761. The predicted octanol–water partition coefficient (Wildman–Crippen LogP) is 5.31. The van der Waals surface area contributed by atoms with Crippen LogP contribution in [0.3, 0.4) is 0 Å². The molecule has 1 aromatic rings. The van der Waals surface area contributed by atoms with Crippen molar-refractivity contribution in [1.29, 1.82) is 0 Å². The fourth-order valence-electron chi connectivity index (χ4n) is 3.65.